The van der Waals surface area contributed by atoms with Crippen molar-refractivity contribution < 1.29 is 24.3 Å². The van der Waals surface area contributed by atoms with Crippen molar-refractivity contribution in [1.29, 1.82) is 10.5 Å². The van der Waals surface area contributed by atoms with Crippen LogP contribution in [0.2, 0.25) is 0 Å². The van der Waals surface area contributed by atoms with Gasteiger partial charge in [0.05, 0.1) is 38.6 Å². The van der Waals surface area contributed by atoms with Crippen LogP contribution in [0.15, 0.2) is 29.8 Å². The Morgan fingerprint density at radius 1 is 0.914 bits per heavy atom. The van der Waals surface area contributed by atoms with E-state index in [1.165, 1.54) is 0 Å². The highest BCUT2D eigenvalue weighted by molar-refractivity contribution is 6.13. The van der Waals surface area contributed by atoms with Crippen molar-refractivity contribution in [3.8, 4) is 23.3 Å². The fourth-order valence-electron chi connectivity index (χ4n) is 3.70. The van der Waals surface area contributed by atoms with Crippen molar-refractivity contribution in [2.75, 3.05) is 6.61 Å². The smallest absolute Gasteiger partial charge is 0.339 e. The number of nitro groups is 3. The summed E-state index contributed by atoms with van der Waals surface area (Å²) in [6.07, 6.45) is 0.476. The standard InChI is InChI=1S/C22H15N5O8/c1-11(2)3-4-35-22(28)17-7-13(25(29)30)5-15-19(12(9-23)10-24)16-6-14(26(31)32)8-18(27(33)34)21(16)20(15)17/h5-8,11H,3-4H2,1-2H3. The van der Waals surface area contributed by atoms with Gasteiger partial charge in [-0.1, -0.05) is 13.8 Å². The number of fused-ring (bicyclic) bond motifs is 3. The molecule has 0 amide bonds. The lowest BCUT2D eigenvalue weighted by Crippen LogP contribution is -2.10. The van der Waals surface area contributed by atoms with E-state index in [4.69, 9.17) is 4.74 Å². The van der Waals surface area contributed by atoms with E-state index in [0.717, 1.165) is 18.2 Å². The lowest BCUT2D eigenvalue weighted by Gasteiger charge is -2.11. The molecule has 0 fully saturated rings. The van der Waals surface area contributed by atoms with Crippen LogP contribution in [0, 0.1) is 58.9 Å². The maximum Gasteiger partial charge on any atom is 0.339 e. The van der Waals surface area contributed by atoms with E-state index in [0.29, 0.717) is 12.5 Å². The fourth-order valence-corrected chi connectivity index (χ4v) is 3.70. The molecule has 0 aromatic heterocycles. The number of esters is 1. The Bertz CT molecular complexity index is 1410. The molecule has 0 unspecified atom stereocenters. The average molecular weight is 477 g/mol. The van der Waals surface area contributed by atoms with Gasteiger partial charge in [-0.15, -0.1) is 0 Å². The molecule has 1 aliphatic carbocycles. The Labute approximate surface area is 196 Å². The molecule has 13 heteroatoms. The number of nitriles is 2. The molecule has 0 aliphatic heterocycles. The van der Waals surface area contributed by atoms with Crippen LogP contribution in [0.4, 0.5) is 17.1 Å². The van der Waals surface area contributed by atoms with E-state index in [1.54, 1.807) is 12.1 Å². The number of non-ortho nitro benzene ring substituents is 2. The number of nitrogens with zero attached hydrogens (tertiary/aromatic N) is 5. The van der Waals surface area contributed by atoms with Crippen molar-refractivity contribution in [1.82, 2.24) is 0 Å². The van der Waals surface area contributed by atoms with Gasteiger partial charge in [0.15, 0.2) is 0 Å². The number of allylic oxidation sites excluding steroid dienone is 1. The summed E-state index contributed by atoms with van der Waals surface area (Å²) >= 11 is 0. The molecule has 35 heavy (non-hydrogen) atoms. The predicted octanol–water partition coefficient (Wildman–Crippen LogP) is 4.44. The minimum atomic E-state index is -1.01. The molecule has 0 saturated carbocycles. The number of hydrogen-bond donors (Lipinski definition) is 0. The van der Waals surface area contributed by atoms with Gasteiger partial charge in [-0.25, -0.2) is 4.79 Å². The van der Waals surface area contributed by atoms with Crippen molar-refractivity contribution >= 4 is 28.6 Å². The van der Waals surface area contributed by atoms with Gasteiger partial charge in [0.2, 0.25) is 0 Å². The second kappa shape index (κ2) is 9.36. The van der Waals surface area contributed by atoms with Crippen molar-refractivity contribution in [2.45, 2.75) is 20.3 Å². The van der Waals surface area contributed by atoms with Crippen LogP contribution in [0.3, 0.4) is 0 Å². The second-order valence-corrected chi connectivity index (χ2v) is 7.87. The quantitative estimate of drug-likeness (QED) is 0.202. The summed E-state index contributed by atoms with van der Waals surface area (Å²) < 4.78 is 5.24. The Balaban J connectivity index is 2.48. The first-order chi connectivity index (χ1) is 16.5. The van der Waals surface area contributed by atoms with Gasteiger partial charge in [-0.05, 0) is 12.3 Å². The Morgan fingerprint density at radius 3 is 1.94 bits per heavy atom. The molecule has 176 valence electrons. The number of benzene rings is 2. The van der Waals surface area contributed by atoms with E-state index < -0.39 is 48.9 Å². The summed E-state index contributed by atoms with van der Waals surface area (Å²) in [5.41, 5.74) is -4.25. The van der Waals surface area contributed by atoms with E-state index in [1.807, 2.05) is 13.8 Å². The summed E-state index contributed by atoms with van der Waals surface area (Å²) in [6.45, 7) is 3.73. The zero-order chi connectivity index (χ0) is 26.0. The molecule has 2 aromatic rings. The van der Waals surface area contributed by atoms with Gasteiger partial charge in [-0.2, -0.15) is 10.5 Å². The molecular formula is C22H15N5O8. The molecule has 2 aromatic carbocycles. The SMILES string of the molecule is CC(C)CCOC(=O)c1cc([N+](=O)[O-])cc2c1-c1c(cc([N+](=O)[O-])cc1[N+](=O)[O-])C2=C(C#N)C#N. The summed E-state index contributed by atoms with van der Waals surface area (Å²) in [6, 6.07) is 6.66. The van der Waals surface area contributed by atoms with Crippen LogP contribution in [-0.4, -0.2) is 27.3 Å². The monoisotopic (exact) mass is 477 g/mol. The number of ether oxygens (including phenoxy) is 1. The minimum absolute atomic E-state index is 0.0342. The first-order valence-corrected chi connectivity index (χ1v) is 10.0. The molecule has 0 N–H and O–H groups in total. The Hall–Kier alpha value is -5.17. The molecule has 0 saturated heterocycles. The zero-order valence-corrected chi connectivity index (χ0v) is 18.3. The molecule has 0 bridgehead atoms. The van der Waals surface area contributed by atoms with Crippen LogP contribution in [0.5, 0.6) is 0 Å². The van der Waals surface area contributed by atoms with Crippen LogP contribution >= 0.6 is 0 Å². The van der Waals surface area contributed by atoms with Crippen molar-refractivity contribution in [3.63, 3.8) is 0 Å². The highest BCUT2D eigenvalue weighted by Crippen LogP contribution is 2.53. The molecular weight excluding hydrogens is 462 g/mol. The van der Waals surface area contributed by atoms with E-state index in [2.05, 4.69) is 0 Å². The molecule has 0 radical (unpaired) electrons. The Kier molecular flexibility index (Phi) is 6.55. The first kappa shape index (κ1) is 24.5. The molecule has 3 rings (SSSR count). The van der Waals surface area contributed by atoms with Gasteiger partial charge in [0.25, 0.3) is 17.1 Å². The van der Waals surface area contributed by atoms with Gasteiger partial charge >= 0.3 is 5.97 Å². The summed E-state index contributed by atoms with van der Waals surface area (Å²) in [5.74, 6) is -0.842. The number of carbonyl (C=O) groups excluding carboxylic acids is 1. The summed E-state index contributed by atoms with van der Waals surface area (Å²) in [4.78, 5) is 45.3. The highest BCUT2D eigenvalue weighted by atomic mass is 16.6. The number of nitro benzene ring substituents is 3. The number of hydrogen-bond acceptors (Lipinski definition) is 10. The minimum Gasteiger partial charge on any atom is -0.462 e. The maximum absolute atomic E-state index is 13.0. The van der Waals surface area contributed by atoms with Crippen molar-refractivity contribution in [2.24, 2.45) is 5.92 Å². The second-order valence-electron chi connectivity index (χ2n) is 7.87. The largest absolute Gasteiger partial charge is 0.462 e. The van der Waals surface area contributed by atoms with E-state index in [-0.39, 0.29) is 40.4 Å². The molecule has 0 atom stereocenters. The lowest BCUT2D eigenvalue weighted by molar-refractivity contribution is -0.393. The summed E-state index contributed by atoms with van der Waals surface area (Å²) in [5, 5.41) is 53.9. The fraction of sp³-hybridized carbons (Fsp3) is 0.227. The van der Waals surface area contributed by atoms with E-state index >= 15 is 0 Å². The van der Waals surface area contributed by atoms with Gasteiger partial charge in [-0.3, -0.25) is 30.3 Å². The Morgan fingerprint density at radius 2 is 1.46 bits per heavy atom. The van der Waals surface area contributed by atoms with Crippen LogP contribution < -0.4 is 0 Å². The zero-order valence-electron chi connectivity index (χ0n) is 18.3. The third kappa shape index (κ3) is 4.38. The van der Waals surface area contributed by atoms with Gasteiger partial charge in [0, 0.05) is 40.5 Å². The molecule has 0 heterocycles. The highest BCUT2D eigenvalue weighted by Gasteiger charge is 2.40. The number of carbonyl (C=O) groups is 1. The normalized spacial score (nSPS) is 11.2. The maximum atomic E-state index is 13.0. The van der Waals surface area contributed by atoms with Crippen LogP contribution in [0.1, 0.15) is 41.8 Å². The number of rotatable bonds is 7. The predicted molar refractivity (Wildman–Crippen MR) is 119 cm³/mol. The lowest BCUT2D eigenvalue weighted by atomic mass is 9.96. The van der Waals surface area contributed by atoms with Crippen molar-refractivity contribution in [3.05, 3.63) is 76.9 Å². The van der Waals surface area contributed by atoms with Gasteiger partial charge < -0.3 is 4.74 Å². The van der Waals surface area contributed by atoms with Gasteiger partial charge in [0.1, 0.15) is 17.7 Å². The molecule has 0 spiro atoms. The summed E-state index contributed by atoms with van der Waals surface area (Å²) in [7, 11) is 0. The third-order valence-electron chi connectivity index (χ3n) is 5.25. The van der Waals surface area contributed by atoms with Crippen LogP contribution in [-0.2, 0) is 4.74 Å². The van der Waals surface area contributed by atoms with E-state index in [9.17, 15) is 45.7 Å². The third-order valence-corrected chi connectivity index (χ3v) is 5.25. The first-order valence-electron chi connectivity index (χ1n) is 10.0. The topological polar surface area (TPSA) is 203 Å². The molecule has 1 aliphatic rings. The molecule has 13 nitrogen and oxygen atoms in total. The average Bonchev–Trinajstić information content (AvgIpc) is 3.12. The van der Waals surface area contributed by atoms with Crippen LogP contribution in [0.25, 0.3) is 16.7 Å².